The molecule has 1 saturated heterocycles. The van der Waals surface area contributed by atoms with Gasteiger partial charge in [-0.15, -0.1) is 0 Å². The Hall–Kier alpha value is -2.49. The molecule has 0 spiro atoms. The van der Waals surface area contributed by atoms with E-state index in [0.29, 0.717) is 39.0 Å². The molecular weight excluding hydrogens is 392 g/mol. The average molecular weight is 417 g/mol. The monoisotopic (exact) mass is 416 g/mol. The number of aliphatic hydroxyl groups excluding tert-OH is 1. The number of nitrogens with zero attached hydrogens (tertiary/aromatic N) is 3. The molecule has 154 valence electrons. The van der Waals surface area contributed by atoms with Crippen molar-refractivity contribution in [2.75, 3.05) is 13.1 Å². The first kappa shape index (κ1) is 19.8. The number of benzene rings is 1. The predicted octanol–water partition coefficient (Wildman–Crippen LogP) is 1.45. The van der Waals surface area contributed by atoms with Crippen LogP contribution >= 0.6 is 0 Å². The number of piperidine rings is 1. The van der Waals surface area contributed by atoms with Crippen LogP contribution in [0.5, 0.6) is 0 Å². The van der Waals surface area contributed by atoms with Crippen molar-refractivity contribution in [3.05, 3.63) is 59.4 Å². The van der Waals surface area contributed by atoms with E-state index in [1.165, 1.54) is 4.31 Å². The van der Waals surface area contributed by atoms with E-state index in [2.05, 4.69) is 10.3 Å². The van der Waals surface area contributed by atoms with Crippen LogP contribution < -0.4 is 5.32 Å². The first-order chi connectivity index (χ1) is 13.9. The zero-order valence-corrected chi connectivity index (χ0v) is 16.8. The SMILES string of the molecule is O=C(NCc1ccc(S(=O)(=O)N2CCC[C@H](O)C2)cc1)N1Cc2ccncc2C1. The molecule has 1 fully saturated rings. The van der Waals surface area contributed by atoms with Crippen molar-refractivity contribution in [1.29, 1.82) is 0 Å². The standard InChI is InChI=1S/C20H24N4O4S/c25-18-2-1-9-24(14-18)29(27,28)19-5-3-15(4-6-19)10-22-20(26)23-12-16-7-8-21-11-17(16)13-23/h3-8,11,18,25H,1-2,9-10,12-14H2,(H,22,26)/t18-/m0/s1. The fraction of sp³-hybridized carbons (Fsp3) is 0.400. The number of β-amino-alcohol motifs (C(OH)–C–C–N with tert-alkyl or cyclic N) is 1. The fourth-order valence-corrected chi connectivity index (χ4v) is 5.24. The van der Waals surface area contributed by atoms with Gasteiger partial charge in [-0.05, 0) is 47.7 Å². The first-order valence-electron chi connectivity index (χ1n) is 9.65. The molecule has 2 aliphatic rings. The Morgan fingerprint density at radius 1 is 1.17 bits per heavy atom. The van der Waals surface area contributed by atoms with E-state index >= 15 is 0 Å². The van der Waals surface area contributed by atoms with Gasteiger partial charge in [-0.1, -0.05) is 12.1 Å². The molecule has 2 aliphatic heterocycles. The summed E-state index contributed by atoms with van der Waals surface area (Å²) < 4.78 is 26.8. The molecule has 0 bridgehead atoms. The largest absolute Gasteiger partial charge is 0.392 e. The minimum Gasteiger partial charge on any atom is -0.392 e. The van der Waals surface area contributed by atoms with Crippen LogP contribution in [0.4, 0.5) is 4.79 Å². The Morgan fingerprint density at radius 2 is 1.93 bits per heavy atom. The molecule has 0 radical (unpaired) electrons. The van der Waals surface area contributed by atoms with Gasteiger partial charge in [-0.2, -0.15) is 4.31 Å². The third-order valence-electron chi connectivity index (χ3n) is 5.38. The lowest BCUT2D eigenvalue weighted by Crippen LogP contribution is -2.42. The van der Waals surface area contributed by atoms with E-state index in [0.717, 1.165) is 16.7 Å². The maximum Gasteiger partial charge on any atom is 0.318 e. The summed E-state index contributed by atoms with van der Waals surface area (Å²) in [4.78, 5) is 18.4. The number of pyridine rings is 1. The summed E-state index contributed by atoms with van der Waals surface area (Å²) in [6.07, 6.45) is 4.17. The van der Waals surface area contributed by atoms with Gasteiger partial charge in [0.25, 0.3) is 0 Å². The van der Waals surface area contributed by atoms with Crippen LogP contribution in [0.15, 0.2) is 47.6 Å². The number of fused-ring (bicyclic) bond motifs is 1. The molecule has 4 rings (SSSR count). The first-order valence-corrected chi connectivity index (χ1v) is 11.1. The summed E-state index contributed by atoms with van der Waals surface area (Å²) in [5.41, 5.74) is 2.97. The number of hydrogen-bond acceptors (Lipinski definition) is 5. The third kappa shape index (κ3) is 4.26. The number of amides is 2. The van der Waals surface area contributed by atoms with Crippen LogP contribution in [-0.2, 0) is 29.7 Å². The smallest absolute Gasteiger partial charge is 0.318 e. The van der Waals surface area contributed by atoms with E-state index in [4.69, 9.17) is 0 Å². The summed E-state index contributed by atoms with van der Waals surface area (Å²) in [5.74, 6) is 0. The number of aliphatic hydroxyl groups is 1. The third-order valence-corrected chi connectivity index (χ3v) is 7.26. The molecule has 9 heteroatoms. The van der Waals surface area contributed by atoms with Crippen molar-refractivity contribution in [2.24, 2.45) is 0 Å². The van der Waals surface area contributed by atoms with Crippen LogP contribution in [0.2, 0.25) is 0 Å². The topological polar surface area (TPSA) is 103 Å². The summed E-state index contributed by atoms with van der Waals surface area (Å²) >= 11 is 0. The van der Waals surface area contributed by atoms with Gasteiger partial charge < -0.3 is 15.3 Å². The highest BCUT2D eigenvalue weighted by molar-refractivity contribution is 7.89. The van der Waals surface area contributed by atoms with Crippen LogP contribution in [0, 0.1) is 0 Å². The molecule has 0 aliphatic carbocycles. The molecule has 2 aromatic rings. The van der Waals surface area contributed by atoms with Gasteiger partial charge in [0.05, 0.1) is 11.0 Å². The molecule has 1 aromatic carbocycles. The quantitative estimate of drug-likeness (QED) is 0.785. The predicted molar refractivity (Wildman–Crippen MR) is 106 cm³/mol. The molecule has 8 nitrogen and oxygen atoms in total. The molecule has 0 saturated carbocycles. The van der Waals surface area contributed by atoms with Crippen molar-refractivity contribution in [3.63, 3.8) is 0 Å². The van der Waals surface area contributed by atoms with E-state index in [-0.39, 0.29) is 17.5 Å². The Morgan fingerprint density at radius 3 is 2.66 bits per heavy atom. The van der Waals surface area contributed by atoms with Crippen LogP contribution in [0.3, 0.4) is 0 Å². The number of rotatable bonds is 4. The maximum atomic E-state index is 12.7. The van der Waals surface area contributed by atoms with Crippen molar-refractivity contribution >= 4 is 16.1 Å². The lowest BCUT2D eigenvalue weighted by atomic mass is 10.1. The minimum atomic E-state index is -3.61. The molecule has 1 atom stereocenters. The Balaban J connectivity index is 1.35. The van der Waals surface area contributed by atoms with Gasteiger partial charge in [0.2, 0.25) is 10.0 Å². The van der Waals surface area contributed by atoms with Gasteiger partial charge in [-0.3, -0.25) is 4.98 Å². The number of aromatic nitrogens is 1. The van der Waals surface area contributed by atoms with Gasteiger partial charge in [-0.25, -0.2) is 13.2 Å². The zero-order chi connectivity index (χ0) is 20.4. The lowest BCUT2D eigenvalue weighted by molar-refractivity contribution is 0.108. The van der Waals surface area contributed by atoms with E-state index in [1.807, 2.05) is 6.07 Å². The molecule has 2 amide bonds. The highest BCUT2D eigenvalue weighted by Crippen LogP contribution is 2.22. The summed E-state index contributed by atoms with van der Waals surface area (Å²) in [6.45, 7) is 1.96. The van der Waals surface area contributed by atoms with Crippen molar-refractivity contribution in [2.45, 2.75) is 43.5 Å². The number of urea groups is 1. The van der Waals surface area contributed by atoms with Crippen LogP contribution in [0.1, 0.15) is 29.5 Å². The molecular formula is C20H24N4O4S. The van der Waals surface area contributed by atoms with Crippen LogP contribution in [0.25, 0.3) is 0 Å². The highest BCUT2D eigenvalue weighted by atomic mass is 32.2. The summed E-state index contributed by atoms with van der Waals surface area (Å²) in [7, 11) is -3.61. The van der Waals surface area contributed by atoms with Gasteiger partial charge in [0, 0.05) is 45.1 Å². The molecule has 0 unspecified atom stereocenters. The molecule has 1 aromatic heterocycles. The van der Waals surface area contributed by atoms with Gasteiger partial charge in [0.15, 0.2) is 0 Å². The number of carbonyl (C=O) groups is 1. The zero-order valence-electron chi connectivity index (χ0n) is 16.0. The highest BCUT2D eigenvalue weighted by Gasteiger charge is 2.29. The molecule has 2 N–H and O–H groups in total. The van der Waals surface area contributed by atoms with Crippen molar-refractivity contribution in [1.82, 2.24) is 19.5 Å². The summed E-state index contributed by atoms with van der Waals surface area (Å²) in [6, 6.07) is 8.26. The lowest BCUT2D eigenvalue weighted by Gasteiger charge is -2.29. The maximum absolute atomic E-state index is 12.7. The van der Waals surface area contributed by atoms with Crippen molar-refractivity contribution in [3.8, 4) is 0 Å². The van der Waals surface area contributed by atoms with E-state index in [9.17, 15) is 18.3 Å². The Bertz CT molecular complexity index is 969. The molecule has 29 heavy (non-hydrogen) atoms. The fourth-order valence-electron chi connectivity index (χ4n) is 3.72. The van der Waals surface area contributed by atoms with E-state index in [1.54, 1.807) is 41.6 Å². The Kier molecular flexibility index (Phi) is 5.53. The summed E-state index contributed by atoms with van der Waals surface area (Å²) in [5, 5.41) is 12.6. The normalized spacial score (nSPS) is 19.8. The number of sulfonamides is 1. The second kappa shape index (κ2) is 8.10. The second-order valence-corrected chi connectivity index (χ2v) is 9.40. The van der Waals surface area contributed by atoms with Crippen molar-refractivity contribution < 1.29 is 18.3 Å². The van der Waals surface area contributed by atoms with Crippen LogP contribution in [-0.4, -0.2) is 52.9 Å². The van der Waals surface area contributed by atoms with Gasteiger partial charge in [0.1, 0.15) is 0 Å². The number of carbonyl (C=O) groups excluding carboxylic acids is 1. The number of nitrogens with one attached hydrogen (secondary N) is 1. The van der Waals surface area contributed by atoms with E-state index < -0.39 is 16.1 Å². The minimum absolute atomic E-state index is 0.133. The van der Waals surface area contributed by atoms with Gasteiger partial charge >= 0.3 is 6.03 Å². The second-order valence-electron chi connectivity index (χ2n) is 7.46. The average Bonchev–Trinajstić information content (AvgIpc) is 3.17. The number of hydrogen-bond donors (Lipinski definition) is 2. The Labute approximate surface area is 170 Å². The molecule has 3 heterocycles.